The smallest absolute Gasteiger partial charge is 0.419 e. The number of anilines is 1. The fourth-order valence-electron chi connectivity index (χ4n) is 4.59. The second kappa shape index (κ2) is 7.69. The predicted molar refractivity (Wildman–Crippen MR) is 107 cm³/mol. The molecule has 0 spiro atoms. The summed E-state index contributed by atoms with van der Waals surface area (Å²) < 4.78 is 99.9. The number of halogens is 7. The molecule has 4 unspecified atom stereocenters. The van der Waals surface area contributed by atoms with Crippen molar-refractivity contribution in [3.05, 3.63) is 58.5 Å². The lowest BCUT2D eigenvalue weighted by atomic mass is 9.64. The summed E-state index contributed by atoms with van der Waals surface area (Å²) in [4.78, 5) is 7.64. The number of phenols is 1. The van der Waals surface area contributed by atoms with Crippen LogP contribution in [-0.4, -0.2) is 32.0 Å². The van der Waals surface area contributed by atoms with Crippen molar-refractivity contribution in [2.24, 2.45) is 5.92 Å². The van der Waals surface area contributed by atoms with Gasteiger partial charge < -0.3 is 15.5 Å². The molecule has 5 nitrogen and oxygen atoms in total. The van der Waals surface area contributed by atoms with E-state index >= 15 is 0 Å². The lowest BCUT2D eigenvalue weighted by molar-refractivity contribution is -0.289. The molecule has 4 atom stereocenters. The predicted octanol–water partition coefficient (Wildman–Crippen LogP) is 5.40. The van der Waals surface area contributed by atoms with E-state index in [0.717, 1.165) is 13.1 Å². The molecule has 0 amide bonds. The molecule has 2 aromatic carbocycles. The topological polar surface area (TPSA) is 78.3 Å². The van der Waals surface area contributed by atoms with E-state index in [2.05, 4.69) is 15.3 Å². The van der Waals surface area contributed by atoms with Crippen molar-refractivity contribution in [1.29, 1.82) is 0 Å². The second-order valence-corrected chi connectivity index (χ2v) is 8.40. The largest absolute Gasteiger partial charge is 0.505 e. The van der Waals surface area contributed by atoms with E-state index in [-0.39, 0.29) is 16.8 Å². The third-order valence-corrected chi connectivity index (χ3v) is 6.56. The Hall–Kier alpha value is -3.15. The Morgan fingerprint density at radius 2 is 1.65 bits per heavy atom. The summed E-state index contributed by atoms with van der Waals surface area (Å²) in [5.41, 5.74) is -5.49. The zero-order valence-electron chi connectivity index (χ0n) is 17.9. The first kappa shape index (κ1) is 24.0. The van der Waals surface area contributed by atoms with Crippen molar-refractivity contribution in [2.75, 3.05) is 5.32 Å². The third-order valence-electron chi connectivity index (χ3n) is 6.56. The number of hydrogen-bond acceptors (Lipinski definition) is 5. The molecule has 0 radical (unpaired) electrons. The Morgan fingerprint density at radius 3 is 2.26 bits per heavy atom. The minimum atomic E-state index is -5.31. The van der Waals surface area contributed by atoms with Gasteiger partial charge in [0.05, 0.1) is 6.04 Å². The minimum Gasteiger partial charge on any atom is -0.505 e. The standard InChI is InChI=1S/C22H18F7N3O2/c1-7-8(2)21(34,22(27,28)29)20(10-4-12(23)17(26)19(33)15(7)10)32-14-5-13(24)16(25)18-11(14)6-30-9(3)31-18/h4-8,20,32-34H,1-3H3. The van der Waals surface area contributed by atoms with Gasteiger partial charge in [-0.3, -0.25) is 0 Å². The molecule has 182 valence electrons. The van der Waals surface area contributed by atoms with Gasteiger partial charge in [0, 0.05) is 34.8 Å². The van der Waals surface area contributed by atoms with Gasteiger partial charge in [-0.05, 0) is 24.5 Å². The number of aromatic hydroxyl groups is 1. The lowest BCUT2D eigenvalue weighted by Crippen LogP contribution is -2.60. The first-order chi connectivity index (χ1) is 15.7. The van der Waals surface area contributed by atoms with Crippen LogP contribution in [0.2, 0.25) is 0 Å². The molecule has 1 aromatic heterocycles. The Bertz CT molecular complexity index is 1310. The molecule has 3 N–H and O–H groups in total. The van der Waals surface area contributed by atoms with Gasteiger partial charge in [0.15, 0.2) is 28.8 Å². The zero-order valence-corrected chi connectivity index (χ0v) is 17.9. The Morgan fingerprint density at radius 1 is 1.03 bits per heavy atom. The first-order valence-corrected chi connectivity index (χ1v) is 10.1. The van der Waals surface area contributed by atoms with Crippen molar-refractivity contribution in [3.63, 3.8) is 0 Å². The van der Waals surface area contributed by atoms with E-state index < -0.39 is 75.4 Å². The molecule has 0 aliphatic heterocycles. The molecule has 12 heteroatoms. The van der Waals surface area contributed by atoms with E-state index in [1.54, 1.807) is 0 Å². The minimum absolute atomic E-state index is 0.0580. The fraction of sp³-hybridized carbons (Fsp3) is 0.364. The van der Waals surface area contributed by atoms with Crippen molar-refractivity contribution in [1.82, 2.24) is 9.97 Å². The van der Waals surface area contributed by atoms with Crippen LogP contribution in [0.1, 0.15) is 42.8 Å². The first-order valence-electron chi connectivity index (χ1n) is 10.1. The summed E-state index contributed by atoms with van der Waals surface area (Å²) in [5.74, 6) is -10.2. The highest BCUT2D eigenvalue weighted by Gasteiger charge is 2.66. The number of aliphatic hydroxyl groups is 1. The number of nitrogens with zero attached hydrogens (tertiary/aromatic N) is 2. The molecular weight excluding hydrogens is 471 g/mol. The van der Waals surface area contributed by atoms with E-state index in [0.29, 0.717) is 12.1 Å². The highest BCUT2D eigenvalue weighted by atomic mass is 19.4. The van der Waals surface area contributed by atoms with E-state index in [1.807, 2.05) is 0 Å². The monoisotopic (exact) mass is 489 g/mol. The van der Waals surface area contributed by atoms with Gasteiger partial charge >= 0.3 is 6.18 Å². The highest BCUT2D eigenvalue weighted by Crippen LogP contribution is 2.57. The average Bonchev–Trinajstić information content (AvgIpc) is 2.75. The molecule has 0 fully saturated rings. The molecule has 1 aliphatic rings. The summed E-state index contributed by atoms with van der Waals surface area (Å²) in [7, 11) is 0. The van der Waals surface area contributed by atoms with Gasteiger partial charge in [-0.1, -0.05) is 13.8 Å². The van der Waals surface area contributed by atoms with Gasteiger partial charge in [-0.2, -0.15) is 17.6 Å². The SMILES string of the molecule is Cc1ncc2c(NC3c4cc(F)c(F)c(O)c4C(C)C(C)C3(O)C(F)(F)F)cc(F)c(F)c2n1. The Kier molecular flexibility index (Phi) is 5.42. The lowest BCUT2D eigenvalue weighted by Gasteiger charge is -2.49. The van der Waals surface area contributed by atoms with Gasteiger partial charge in [0.2, 0.25) is 5.82 Å². The number of benzene rings is 2. The summed E-state index contributed by atoms with van der Waals surface area (Å²) in [6.07, 6.45) is -4.26. The Balaban J connectivity index is 2.03. The van der Waals surface area contributed by atoms with Crippen LogP contribution >= 0.6 is 0 Å². The van der Waals surface area contributed by atoms with E-state index in [1.165, 1.54) is 13.8 Å². The van der Waals surface area contributed by atoms with Crippen LogP contribution in [-0.2, 0) is 0 Å². The molecule has 34 heavy (non-hydrogen) atoms. The number of aromatic nitrogens is 2. The number of nitrogens with one attached hydrogen (secondary N) is 1. The number of hydrogen-bond donors (Lipinski definition) is 3. The number of rotatable bonds is 2. The number of fused-ring (bicyclic) bond motifs is 2. The molecular formula is C22H18F7N3O2. The van der Waals surface area contributed by atoms with Crippen LogP contribution in [0.4, 0.5) is 36.4 Å². The van der Waals surface area contributed by atoms with Crippen molar-refractivity contribution < 1.29 is 40.9 Å². The highest BCUT2D eigenvalue weighted by molar-refractivity contribution is 5.91. The van der Waals surface area contributed by atoms with Crippen LogP contribution < -0.4 is 5.32 Å². The van der Waals surface area contributed by atoms with E-state index in [4.69, 9.17) is 0 Å². The van der Waals surface area contributed by atoms with Crippen LogP contribution in [0.15, 0.2) is 18.3 Å². The maximum Gasteiger partial charge on any atom is 0.419 e. The molecule has 3 aromatic rings. The van der Waals surface area contributed by atoms with E-state index in [9.17, 15) is 40.9 Å². The molecule has 0 saturated heterocycles. The summed E-state index contributed by atoms with van der Waals surface area (Å²) in [5, 5.41) is 23.4. The van der Waals surface area contributed by atoms with Crippen molar-refractivity contribution in [3.8, 4) is 5.75 Å². The summed E-state index contributed by atoms with van der Waals surface area (Å²) >= 11 is 0. The second-order valence-electron chi connectivity index (χ2n) is 8.40. The van der Waals surface area contributed by atoms with Gasteiger partial charge in [-0.15, -0.1) is 0 Å². The van der Waals surface area contributed by atoms with Gasteiger partial charge in [-0.25, -0.2) is 23.1 Å². The number of phenolic OH excluding ortho intramolecular Hbond substituents is 1. The number of aryl methyl sites for hydroxylation is 1. The van der Waals surface area contributed by atoms with Crippen molar-refractivity contribution in [2.45, 2.75) is 44.5 Å². The normalized spacial score (nSPS) is 24.9. The average molecular weight is 489 g/mol. The maximum atomic E-state index is 14.3. The van der Waals surface area contributed by atoms with Crippen molar-refractivity contribution >= 4 is 16.6 Å². The molecule has 1 aliphatic carbocycles. The van der Waals surface area contributed by atoms with Crippen LogP contribution in [0.5, 0.6) is 5.75 Å². The summed E-state index contributed by atoms with van der Waals surface area (Å²) in [6, 6.07) is -1.26. The van der Waals surface area contributed by atoms with Gasteiger partial charge in [0.1, 0.15) is 11.3 Å². The molecule has 0 saturated carbocycles. The number of alkyl halides is 3. The quantitative estimate of drug-likeness (QED) is 0.421. The summed E-state index contributed by atoms with van der Waals surface area (Å²) in [6.45, 7) is 3.64. The maximum absolute atomic E-state index is 14.3. The van der Waals surface area contributed by atoms with Crippen LogP contribution in [0.3, 0.4) is 0 Å². The molecule has 4 rings (SSSR count). The zero-order chi connectivity index (χ0) is 25.3. The van der Waals surface area contributed by atoms with Crippen LogP contribution in [0, 0.1) is 36.1 Å². The fourth-order valence-corrected chi connectivity index (χ4v) is 4.59. The third kappa shape index (κ3) is 3.26. The Labute approximate surface area is 188 Å². The molecule has 0 bridgehead atoms. The van der Waals surface area contributed by atoms with Gasteiger partial charge in [0.25, 0.3) is 0 Å². The van der Waals surface area contributed by atoms with Crippen LogP contribution in [0.25, 0.3) is 10.9 Å². The molecule has 1 heterocycles.